The second-order valence-electron chi connectivity index (χ2n) is 4.47. The third-order valence-electron chi connectivity index (χ3n) is 2.66. The first kappa shape index (κ1) is 14.7. The highest BCUT2D eigenvalue weighted by Gasteiger charge is 2.09. The van der Waals surface area contributed by atoms with E-state index in [1.54, 1.807) is 31.1 Å². The minimum absolute atomic E-state index is 0.0704. The second-order valence-corrected chi connectivity index (χ2v) is 6.01. The number of benzene rings is 1. The highest BCUT2D eigenvalue weighted by Crippen LogP contribution is 2.17. The molecule has 0 aliphatic rings. The van der Waals surface area contributed by atoms with Gasteiger partial charge in [-0.05, 0) is 37.1 Å². The largest absolute Gasteiger partial charge is 0.399 e. The van der Waals surface area contributed by atoms with Crippen LogP contribution in [0.1, 0.15) is 18.4 Å². The molecule has 0 heterocycles. The van der Waals surface area contributed by atoms with E-state index >= 15 is 0 Å². The van der Waals surface area contributed by atoms with Crippen LogP contribution in [-0.4, -0.2) is 34.9 Å². The van der Waals surface area contributed by atoms with Gasteiger partial charge in [-0.3, -0.25) is 9.00 Å². The minimum atomic E-state index is -1.06. The van der Waals surface area contributed by atoms with Crippen LogP contribution < -0.4 is 5.73 Å². The van der Waals surface area contributed by atoms with E-state index in [9.17, 15) is 9.00 Å². The molecule has 1 aromatic carbocycles. The van der Waals surface area contributed by atoms with Crippen LogP contribution in [-0.2, 0) is 15.6 Å². The zero-order chi connectivity index (χ0) is 13.7. The maximum absolute atomic E-state index is 12.1. The zero-order valence-electron chi connectivity index (χ0n) is 11.1. The summed E-state index contributed by atoms with van der Waals surface area (Å²) in [5, 5.41) is 0. The average Bonchev–Trinajstić information content (AvgIpc) is 2.28. The molecule has 0 spiro atoms. The number of amides is 1. The summed E-state index contributed by atoms with van der Waals surface area (Å²) in [6.07, 6.45) is 1.07. The fourth-order valence-electron chi connectivity index (χ4n) is 1.62. The fraction of sp³-hybridized carbons (Fsp3) is 0.462. The molecule has 0 fully saturated rings. The molecule has 1 unspecified atom stereocenters. The van der Waals surface area contributed by atoms with Crippen molar-refractivity contribution < 1.29 is 9.00 Å². The van der Waals surface area contributed by atoms with Crippen LogP contribution in [0.25, 0.3) is 0 Å². The minimum Gasteiger partial charge on any atom is -0.399 e. The van der Waals surface area contributed by atoms with E-state index in [0.717, 1.165) is 10.5 Å². The molecule has 0 bridgehead atoms. The molecule has 0 aliphatic heterocycles. The summed E-state index contributed by atoms with van der Waals surface area (Å²) < 4.78 is 12.1. The Morgan fingerprint density at radius 2 is 2.06 bits per heavy atom. The number of anilines is 1. The van der Waals surface area contributed by atoms with Crippen molar-refractivity contribution in [2.45, 2.75) is 24.7 Å². The summed E-state index contributed by atoms with van der Waals surface area (Å²) in [6, 6.07) is 5.37. The van der Waals surface area contributed by atoms with Crippen molar-refractivity contribution in [3.63, 3.8) is 0 Å². The molecular weight excluding hydrogens is 248 g/mol. The van der Waals surface area contributed by atoms with Crippen LogP contribution in [0.2, 0.25) is 0 Å². The number of rotatable bonds is 5. The Morgan fingerprint density at radius 3 is 2.61 bits per heavy atom. The lowest BCUT2D eigenvalue weighted by molar-refractivity contribution is -0.128. The average molecular weight is 268 g/mol. The van der Waals surface area contributed by atoms with Crippen LogP contribution in [0.5, 0.6) is 0 Å². The molecule has 1 aromatic rings. The number of nitrogen functional groups attached to an aromatic ring is 1. The van der Waals surface area contributed by atoms with Crippen LogP contribution in [0.3, 0.4) is 0 Å². The summed E-state index contributed by atoms with van der Waals surface area (Å²) in [4.78, 5) is 13.7. The predicted molar refractivity (Wildman–Crippen MR) is 74.8 cm³/mol. The monoisotopic (exact) mass is 268 g/mol. The van der Waals surface area contributed by atoms with E-state index in [4.69, 9.17) is 5.73 Å². The standard InChI is InChI=1S/C13H20N2O2S/c1-10-9-11(14)6-7-12(10)18(17)8-4-5-13(16)15(2)3/h6-7,9H,4-5,8,14H2,1-3H3. The van der Waals surface area contributed by atoms with E-state index in [1.165, 1.54) is 0 Å². The molecule has 0 saturated carbocycles. The highest BCUT2D eigenvalue weighted by molar-refractivity contribution is 7.85. The van der Waals surface area contributed by atoms with Gasteiger partial charge in [0.05, 0.1) is 10.8 Å². The van der Waals surface area contributed by atoms with Gasteiger partial charge in [0.25, 0.3) is 0 Å². The van der Waals surface area contributed by atoms with Crippen LogP contribution in [0, 0.1) is 6.92 Å². The van der Waals surface area contributed by atoms with Gasteiger partial charge in [0.2, 0.25) is 5.91 Å². The number of carbonyl (C=O) groups excluding carboxylic acids is 1. The van der Waals surface area contributed by atoms with Crippen molar-refractivity contribution in [1.82, 2.24) is 4.90 Å². The van der Waals surface area contributed by atoms with Gasteiger partial charge < -0.3 is 10.6 Å². The Bertz CT molecular complexity index is 458. The lowest BCUT2D eigenvalue weighted by Gasteiger charge is -2.10. The Hall–Kier alpha value is -1.36. The Labute approximate surface area is 111 Å². The van der Waals surface area contributed by atoms with Crippen molar-refractivity contribution in [2.24, 2.45) is 0 Å². The van der Waals surface area contributed by atoms with Gasteiger partial charge in [0, 0.05) is 36.9 Å². The third kappa shape index (κ3) is 4.14. The Balaban J connectivity index is 2.53. The lowest BCUT2D eigenvalue weighted by Crippen LogP contribution is -2.21. The van der Waals surface area contributed by atoms with Gasteiger partial charge >= 0.3 is 0 Å². The first-order chi connectivity index (χ1) is 8.41. The van der Waals surface area contributed by atoms with Crippen molar-refractivity contribution >= 4 is 22.4 Å². The maximum Gasteiger partial charge on any atom is 0.222 e. The molecule has 0 aliphatic carbocycles. The van der Waals surface area contributed by atoms with Gasteiger partial charge in [-0.1, -0.05) is 0 Å². The first-order valence-corrected chi connectivity index (χ1v) is 7.18. The quantitative estimate of drug-likeness (QED) is 0.824. The smallest absolute Gasteiger partial charge is 0.222 e. The summed E-state index contributed by atoms with van der Waals surface area (Å²) in [7, 11) is 2.39. The number of nitrogens with zero attached hydrogens (tertiary/aromatic N) is 1. The lowest BCUT2D eigenvalue weighted by atomic mass is 10.2. The SMILES string of the molecule is Cc1cc(N)ccc1S(=O)CCCC(=O)N(C)C. The molecule has 4 nitrogen and oxygen atoms in total. The Morgan fingerprint density at radius 1 is 1.39 bits per heavy atom. The van der Waals surface area contributed by atoms with Crippen molar-refractivity contribution in [3.8, 4) is 0 Å². The molecule has 0 saturated heterocycles. The molecule has 0 radical (unpaired) electrons. The van der Waals surface area contributed by atoms with Crippen LogP contribution in [0.4, 0.5) is 5.69 Å². The number of carbonyl (C=O) groups is 1. The highest BCUT2D eigenvalue weighted by atomic mass is 32.2. The fourth-order valence-corrected chi connectivity index (χ4v) is 2.88. The van der Waals surface area contributed by atoms with E-state index in [2.05, 4.69) is 0 Å². The summed E-state index contributed by atoms with van der Waals surface area (Å²) in [5.41, 5.74) is 7.27. The van der Waals surface area contributed by atoms with Crippen molar-refractivity contribution in [3.05, 3.63) is 23.8 Å². The molecule has 2 N–H and O–H groups in total. The molecule has 1 rings (SSSR count). The summed E-state index contributed by atoms with van der Waals surface area (Å²) in [6.45, 7) is 1.90. The van der Waals surface area contributed by atoms with Gasteiger partial charge in [0.1, 0.15) is 0 Å². The molecular formula is C13H20N2O2S. The third-order valence-corrected chi connectivity index (χ3v) is 4.27. The predicted octanol–water partition coefficient (Wildman–Crippen LogP) is 1.55. The normalized spacial score (nSPS) is 12.2. The van der Waals surface area contributed by atoms with E-state index < -0.39 is 10.8 Å². The molecule has 18 heavy (non-hydrogen) atoms. The first-order valence-electron chi connectivity index (χ1n) is 5.86. The van der Waals surface area contributed by atoms with Crippen LogP contribution >= 0.6 is 0 Å². The number of hydrogen-bond acceptors (Lipinski definition) is 3. The van der Waals surface area contributed by atoms with E-state index in [1.807, 2.05) is 13.0 Å². The van der Waals surface area contributed by atoms with Gasteiger partial charge in [-0.2, -0.15) is 0 Å². The number of nitrogens with two attached hydrogens (primary N) is 1. The topological polar surface area (TPSA) is 63.4 Å². The second kappa shape index (κ2) is 6.54. The van der Waals surface area contributed by atoms with E-state index in [-0.39, 0.29) is 5.91 Å². The van der Waals surface area contributed by atoms with Gasteiger partial charge in [0.15, 0.2) is 0 Å². The molecule has 0 aromatic heterocycles. The summed E-state index contributed by atoms with van der Waals surface area (Å²) >= 11 is 0. The van der Waals surface area contributed by atoms with Crippen molar-refractivity contribution in [1.29, 1.82) is 0 Å². The Kier molecular flexibility index (Phi) is 5.34. The molecule has 100 valence electrons. The van der Waals surface area contributed by atoms with Crippen molar-refractivity contribution in [2.75, 3.05) is 25.6 Å². The number of aryl methyl sites for hydroxylation is 1. The van der Waals surface area contributed by atoms with E-state index in [0.29, 0.717) is 24.3 Å². The van der Waals surface area contributed by atoms with Gasteiger partial charge in [-0.15, -0.1) is 0 Å². The number of hydrogen-bond donors (Lipinski definition) is 1. The molecule has 1 atom stereocenters. The maximum atomic E-state index is 12.1. The molecule has 1 amide bonds. The van der Waals surface area contributed by atoms with Gasteiger partial charge in [-0.25, -0.2) is 0 Å². The van der Waals surface area contributed by atoms with Crippen LogP contribution in [0.15, 0.2) is 23.1 Å². The summed E-state index contributed by atoms with van der Waals surface area (Å²) in [5.74, 6) is 0.575. The zero-order valence-corrected chi connectivity index (χ0v) is 11.9. The molecule has 5 heteroatoms.